The van der Waals surface area contributed by atoms with E-state index in [2.05, 4.69) is 34.5 Å². The molecule has 4 rings (SSSR count). The van der Waals surface area contributed by atoms with Gasteiger partial charge in [-0.2, -0.15) is 0 Å². The molecule has 1 aliphatic heterocycles. The van der Waals surface area contributed by atoms with E-state index in [1.807, 2.05) is 12.1 Å². The van der Waals surface area contributed by atoms with Crippen molar-refractivity contribution >= 4 is 35.6 Å². The van der Waals surface area contributed by atoms with Crippen molar-refractivity contribution in [2.75, 3.05) is 26.2 Å². The summed E-state index contributed by atoms with van der Waals surface area (Å²) in [4.78, 5) is 2.62. The van der Waals surface area contributed by atoms with E-state index in [1.165, 1.54) is 48.4 Å². The highest BCUT2D eigenvalue weighted by Gasteiger charge is 2.33. The van der Waals surface area contributed by atoms with E-state index in [9.17, 15) is 5.11 Å². The Morgan fingerprint density at radius 3 is 2.35 bits per heavy atom. The minimum atomic E-state index is 0. The van der Waals surface area contributed by atoms with Crippen LogP contribution in [0.5, 0.6) is 5.75 Å². The van der Waals surface area contributed by atoms with Crippen molar-refractivity contribution in [1.82, 2.24) is 10.2 Å². The topological polar surface area (TPSA) is 35.5 Å². The van der Waals surface area contributed by atoms with Crippen molar-refractivity contribution in [3.8, 4) is 5.75 Å². The fourth-order valence-electron chi connectivity index (χ4n) is 4.72. The van der Waals surface area contributed by atoms with Crippen LogP contribution in [0.4, 0.5) is 0 Å². The number of fused-ring (bicyclic) bond motifs is 1. The van der Waals surface area contributed by atoms with Crippen LogP contribution in [0.2, 0.25) is 0 Å². The third-order valence-electron chi connectivity index (χ3n) is 5.88. The summed E-state index contributed by atoms with van der Waals surface area (Å²) in [6.07, 6.45) is 6.61. The predicted molar refractivity (Wildman–Crippen MR) is 114 cm³/mol. The van der Waals surface area contributed by atoms with Gasteiger partial charge in [0, 0.05) is 37.8 Å². The number of rotatable bonds is 3. The number of aromatic hydroxyl groups is 1. The molecule has 0 bridgehead atoms. The van der Waals surface area contributed by atoms with Crippen LogP contribution >= 0.6 is 24.8 Å². The normalized spacial score (nSPS) is 20.2. The van der Waals surface area contributed by atoms with Gasteiger partial charge in [-0.25, -0.2) is 0 Å². The van der Waals surface area contributed by atoms with Crippen LogP contribution in [0.25, 0.3) is 10.8 Å². The first-order valence-electron chi connectivity index (χ1n) is 9.50. The van der Waals surface area contributed by atoms with Gasteiger partial charge < -0.3 is 10.4 Å². The van der Waals surface area contributed by atoms with Crippen molar-refractivity contribution in [2.45, 2.75) is 38.1 Å². The second-order valence-electron chi connectivity index (χ2n) is 7.35. The largest absolute Gasteiger partial charge is 0.508 e. The van der Waals surface area contributed by atoms with Crippen LogP contribution in [-0.2, 0) is 0 Å². The Kier molecular flexibility index (Phi) is 8.03. The molecule has 1 atom stereocenters. The van der Waals surface area contributed by atoms with E-state index in [4.69, 9.17) is 0 Å². The molecule has 2 fully saturated rings. The number of nitrogens with one attached hydrogen (secondary N) is 1. The SMILES string of the molecule is Cl.Cl.Oc1ccc2ccccc2c1[C@@H](C1CCCCC1)N1CCNCC1. The molecule has 2 N–H and O–H groups in total. The van der Waals surface area contributed by atoms with Gasteiger partial charge in [-0.15, -0.1) is 24.8 Å². The second kappa shape index (κ2) is 9.80. The third kappa shape index (κ3) is 4.28. The number of piperazine rings is 1. The van der Waals surface area contributed by atoms with Crippen LogP contribution in [0.15, 0.2) is 36.4 Å². The third-order valence-corrected chi connectivity index (χ3v) is 5.88. The fourth-order valence-corrected chi connectivity index (χ4v) is 4.72. The zero-order valence-corrected chi connectivity index (χ0v) is 16.8. The molecule has 1 saturated carbocycles. The highest BCUT2D eigenvalue weighted by Crippen LogP contribution is 2.44. The number of hydrogen-bond acceptors (Lipinski definition) is 3. The standard InChI is InChI=1S/C21H28N2O.2ClH/c24-19-11-10-16-6-4-5-9-18(16)20(19)21(17-7-2-1-3-8-17)23-14-12-22-13-15-23;;/h4-6,9-11,17,21-22,24H,1-3,7-8,12-15H2;2*1H/t21-;;/m1../s1. The van der Waals surface area contributed by atoms with E-state index < -0.39 is 0 Å². The van der Waals surface area contributed by atoms with Crippen molar-refractivity contribution in [1.29, 1.82) is 0 Å². The van der Waals surface area contributed by atoms with E-state index in [1.54, 1.807) is 0 Å². The first-order chi connectivity index (χ1) is 11.8. The minimum absolute atomic E-state index is 0. The van der Waals surface area contributed by atoms with Gasteiger partial charge in [-0.1, -0.05) is 49.6 Å². The van der Waals surface area contributed by atoms with Gasteiger partial charge >= 0.3 is 0 Å². The van der Waals surface area contributed by atoms with Gasteiger partial charge in [-0.3, -0.25) is 4.90 Å². The first-order valence-corrected chi connectivity index (χ1v) is 9.50. The molecular formula is C21H30Cl2N2O. The predicted octanol–water partition coefficient (Wildman–Crippen LogP) is 4.92. The van der Waals surface area contributed by atoms with E-state index in [0.29, 0.717) is 17.7 Å². The quantitative estimate of drug-likeness (QED) is 0.772. The summed E-state index contributed by atoms with van der Waals surface area (Å²) in [6.45, 7) is 4.25. The number of benzene rings is 2. The van der Waals surface area contributed by atoms with Crippen LogP contribution in [0.1, 0.15) is 43.7 Å². The molecule has 2 aliphatic rings. The highest BCUT2D eigenvalue weighted by atomic mass is 35.5. The number of halogens is 2. The maximum absolute atomic E-state index is 10.8. The van der Waals surface area contributed by atoms with Crippen molar-refractivity contribution in [2.24, 2.45) is 5.92 Å². The second-order valence-corrected chi connectivity index (χ2v) is 7.35. The number of nitrogens with zero attached hydrogens (tertiary/aromatic N) is 1. The van der Waals surface area contributed by atoms with Gasteiger partial charge in [0.25, 0.3) is 0 Å². The van der Waals surface area contributed by atoms with Gasteiger partial charge in [0.1, 0.15) is 5.75 Å². The lowest BCUT2D eigenvalue weighted by Gasteiger charge is -2.41. The van der Waals surface area contributed by atoms with Crippen LogP contribution in [0, 0.1) is 5.92 Å². The number of phenolic OH excluding ortho intramolecular Hbond substituents is 1. The summed E-state index contributed by atoms with van der Waals surface area (Å²) >= 11 is 0. The van der Waals surface area contributed by atoms with E-state index in [0.717, 1.165) is 26.2 Å². The monoisotopic (exact) mass is 396 g/mol. The molecule has 26 heavy (non-hydrogen) atoms. The summed E-state index contributed by atoms with van der Waals surface area (Å²) in [7, 11) is 0. The lowest BCUT2D eigenvalue weighted by molar-refractivity contribution is 0.102. The smallest absolute Gasteiger partial charge is 0.121 e. The molecule has 0 aromatic heterocycles. The van der Waals surface area contributed by atoms with Crippen LogP contribution < -0.4 is 5.32 Å². The molecule has 144 valence electrons. The Morgan fingerprint density at radius 1 is 0.923 bits per heavy atom. The summed E-state index contributed by atoms with van der Waals surface area (Å²) < 4.78 is 0. The Morgan fingerprint density at radius 2 is 1.62 bits per heavy atom. The minimum Gasteiger partial charge on any atom is -0.508 e. The van der Waals surface area contributed by atoms with Crippen LogP contribution in [0.3, 0.4) is 0 Å². The van der Waals surface area contributed by atoms with Crippen molar-refractivity contribution < 1.29 is 5.11 Å². The molecule has 2 aromatic rings. The molecule has 0 spiro atoms. The first kappa shape index (κ1) is 21.3. The molecule has 1 heterocycles. The molecule has 2 aromatic carbocycles. The summed E-state index contributed by atoms with van der Waals surface area (Å²) in [5.74, 6) is 1.14. The Bertz CT molecular complexity index is 679. The fraction of sp³-hybridized carbons (Fsp3) is 0.524. The summed E-state index contributed by atoms with van der Waals surface area (Å²) in [6, 6.07) is 12.8. The maximum Gasteiger partial charge on any atom is 0.121 e. The lowest BCUT2D eigenvalue weighted by atomic mass is 9.78. The van der Waals surface area contributed by atoms with Crippen LogP contribution in [-0.4, -0.2) is 36.2 Å². The van der Waals surface area contributed by atoms with E-state index in [-0.39, 0.29) is 24.8 Å². The summed E-state index contributed by atoms with van der Waals surface area (Å²) in [5, 5.41) is 16.7. The average Bonchev–Trinajstić information content (AvgIpc) is 2.66. The van der Waals surface area contributed by atoms with Crippen molar-refractivity contribution in [3.63, 3.8) is 0 Å². The Labute approximate surface area is 169 Å². The molecule has 1 saturated heterocycles. The zero-order valence-electron chi connectivity index (χ0n) is 15.2. The van der Waals surface area contributed by atoms with E-state index >= 15 is 0 Å². The maximum atomic E-state index is 10.8. The Hall–Kier alpha value is -1.00. The molecule has 3 nitrogen and oxygen atoms in total. The van der Waals surface area contributed by atoms with Gasteiger partial charge in [0.05, 0.1) is 0 Å². The Balaban J connectivity index is 0.00000121. The molecular weight excluding hydrogens is 367 g/mol. The molecule has 0 radical (unpaired) electrons. The van der Waals surface area contributed by atoms with Gasteiger partial charge in [0.2, 0.25) is 0 Å². The van der Waals surface area contributed by atoms with Crippen molar-refractivity contribution in [3.05, 3.63) is 42.0 Å². The molecule has 5 heteroatoms. The molecule has 1 aliphatic carbocycles. The highest BCUT2D eigenvalue weighted by molar-refractivity contribution is 5.88. The van der Waals surface area contributed by atoms with Gasteiger partial charge in [0.15, 0.2) is 0 Å². The lowest BCUT2D eigenvalue weighted by Crippen LogP contribution is -2.47. The zero-order chi connectivity index (χ0) is 16.4. The number of hydrogen-bond donors (Lipinski definition) is 2. The summed E-state index contributed by atoms with van der Waals surface area (Å²) in [5.41, 5.74) is 1.17. The molecule has 0 unspecified atom stereocenters. The van der Waals surface area contributed by atoms with Gasteiger partial charge in [-0.05, 0) is 35.6 Å². The molecule has 0 amide bonds. The number of phenols is 1. The average molecular weight is 397 g/mol.